The Bertz CT molecular complexity index is 342. The Balaban J connectivity index is 2.28. The van der Waals surface area contributed by atoms with Crippen LogP contribution < -0.4 is 11.1 Å². The molecule has 0 saturated heterocycles. The zero-order valence-corrected chi connectivity index (χ0v) is 9.13. The Morgan fingerprint density at radius 2 is 2.13 bits per heavy atom. The van der Waals surface area contributed by atoms with Gasteiger partial charge in [0.05, 0.1) is 6.54 Å². The molecule has 1 atom stereocenters. The van der Waals surface area contributed by atoms with E-state index in [2.05, 4.69) is 5.32 Å². The summed E-state index contributed by atoms with van der Waals surface area (Å²) in [6.07, 6.45) is 1.41. The topological polar surface area (TPSA) is 55.1 Å². The molecule has 3 nitrogen and oxygen atoms in total. The van der Waals surface area contributed by atoms with Gasteiger partial charge in [0.25, 0.3) is 0 Å². The van der Waals surface area contributed by atoms with Crippen LogP contribution in [0.15, 0.2) is 24.3 Å². The van der Waals surface area contributed by atoms with Crippen molar-refractivity contribution >= 4 is 17.5 Å². The lowest BCUT2D eigenvalue weighted by Crippen LogP contribution is -2.29. The Kier molecular flexibility index (Phi) is 4.48. The summed E-state index contributed by atoms with van der Waals surface area (Å²) >= 11 is 5.76. The Morgan fingerprint density at radius 3 is 2.73 bits per heavy atom. The number of aryl methyl sites for hydroxylation is 1. The van der Waals surface area contributed by atoms with Gasteiger partial charge < -0.3 is 11.1 Å². The molecular weight excluding hydrogens is 212 g/mol. The maximum Gasteiger partial charge on any atom is 0.231 e. The molecule has 0 aliphatic heterocycles. The lowest BCUT2D eigenvalue weighted by molar-refractivity contribution is -0.117. The Labute approximate surface area is 96.0 Å². The van der Waals surface area contributed by atoms with Gasteiger partial charge >= 0.3 is 0 Å². The number of carbonyl (C=O) groups excluding carboxylic acids is 1. The third-order valence-electron chi connectivity index (χ3n) is 1.91. The molecule has 15 heavy (non-hydrogen) atoms. The third kappa shape index (κ3) is 5.40. The van der Waals surface area contributed by atoms with E-state index >= 15 is 0 Å². The van der Waals surface area contributed by atoms with E-state index in [1.807, 2.05) is 24.3 Å². The van der Waals surface area contributed by atoms with E-state index in [4.69, 9.17) is 18.7 Å². The summed E-state index contributed by atoms with van der Waals surface area (Å²) in [5, 5.41) is 3.44. The molecule has 0 radical (unpaired) electrons. The summed E-state index contributed by atoms with van der Waals surface area (Å²) in [5.74, 6) is -0.441. The molecule has 0 saturated carbocycles. The lowest BCUT2D eigenvalue weighted by atomic mass is 10.1. The van der Waals surface area contributed by atoms with E-state index < -0.39 is 12.4 Å². The molecule has 0 spiro atoms. The van der Waals surface area contributed by atoms with E-state index in [1.54, 1.807) is 0 Å². The van der Waals surface area contributed by atoms with Crippen molar-refractivity contribution in [2.45, 2.75) is 12.8 Å². The molecule has 0 aliphatic carbocycles. The van der Waals surface area contributed by atoms with E-state index in [-0.39, 0.29) is 6.54 Å². The molecule has 0 aromatic heterocycles. The van der Waals surface area contributed by atoms with E-state index in [0.29, 0.717) is 11.4 Å². The van der Waals surface area contributed by atoms with Gasteiger partial charge in [-0.3, -0.25) is 4.79 Å². The summed E-state index contributed by atoms with van der Waals surface area (Å²) in [5.41, 5.74) is 6.09. The van der Waals surface area contributed by atoms with Crippen LogP contribution in [0.2, 0.25) is 5.02 Å². The zero-order chi connectivity index (χ0) is 12.0. The number of carbonyl (C=O) groups is 1. The zero-order valence-electron chi connectivity index (χ0n) is 9.37. The van der Waals surface area contributed by atoms with Gasteiger partial charge in [-0.05, 0) is 37.1 Å². The Morgan fingerprint density at radius 1 is 1.47 bits per heavy atom. The molecule has 0 fully saturated rings. The lowest BCUT2D eigenvalue weighted by Gasteiger charge is -2.02. The first kappa shape index (κ1) is 10.5. The number of rotatable bonds is 6. The monoisotopic (exact) mass is 227 g/mol. The normalized spacial score (nSPS) is 13.3. The summed E-state index contributed by atoms with van der Waals surface area (Å²) in [6, 6.07) is 7.52. The van der Waals surface area contributed by atoms with E-state index in [9.17, 15) is 4.79 Å². The minimum Gasteiger partial charge on any atom is -0.369 e. The highest BCUT2D eigenvalue weighted by molar-refractivity contribution is 6.30. The average Bonchev–Trinajstić information content (AvgIpc) is 2.25. The number of amides is 1. The summed E-state index contributed by atoms with van der Waals surface area (Å²) < 4.78 is 7.61. The van der Waals surface area contributed by atoms with Crippen molar-refractivity contribution < 1.29 is 6.17 Å². The average molecular weight is 228 g/mol. The SMILES string of the molecule is [2H][C@@H](CCc1ccc(Cl)cc1)NCC(N)=O. The number of halogens is 1. The van der Waals surface area contributed by atoms with Crippen LogP contribution in [0.4, 0.5) is 0 Å². The number of hydrogen-bond acceptors (Lipinski definition) is 2. The van der Waals surface area contributed by atoms with Crippen LogP contribution in [0.25, 0.3) is 0 Å². The van der Waals surface area contributed by atoms with E-state index in [0.717, 1.165) is 12.0 Å². The molecular formula is C11H15ClN2O. The van der Waals surface area contributed by atoms with Gasteiger partial charge in [-0.1, -0.05) is 23.7 Å². The van der Waals surface area contributed by atoms with Gasteiger partial charge in [-0.2, -0.15) is 0 Å². The highest BCUT2D eigenvalue weighted by Crippen LogP contribution is 2.10. The molecule has 0 aliphatic rings. The van der Waals surface area contributed by atoms with Crippen molar-refractivity contribution in [2.75, 3.05) is 13.1 Å². The molecule has 82 valence electrons. The van der Waals surface area contributed by atoms with Gasteiger partial charge in [-0.25, -0.2) is 0 Å². The van der Waals surface area contributed by atoms with Crippen molar-refractivity contribution in [3.63, 3.8) is 0 Å². The van der Waals surface area contributed by atoms with Crippen LogP contribution in [0, 0.1) is 0 Å². The molecule has 0 heterocycles. The second kappa shape index (κ2) is 6.43. The summed E-state index contributed by atoms with van der Waals surface area (Å²) in [7, 11) is 0. The van der Waals surface area contributed by atoms with Gasteiger partial charge in [0.1, 0.15) is 0 Å². The predicted octanol–water partition coefficient (Wildman–Crippen LogP) is 1.35. The largest absolute Gasteiger partial charge is 0.369 e. The van der Waals surface area contributed by atoms with Gasteiger partial charge in [0.15, 0.2) is 0 Å². The summed E-state index contributed by atoms with van der Waals surface area (Å²) in [4.78, 5) is 10.5. The number of benzene rings is 1. The molecule has 0 bridgehead atoms. The first-order valence-electron chi connectivity index (χ1n) is 5.34. The number of hydrogen-bond donors (Lipinski definition) is 2. The molecule has 1 aromatic carbocycles. The predicted molar refractivity (Wildman–Crippen MR) is 61.8 cm³/mol. The van der Waals surface area contributed by atoms with Crippen molar-refractivity contribution in [3.8, 4) is 0 Å². The maximum atomic E-state index is 10.5. The fourth-order valence-electron chi connectivity index (χ4n) is 1.16. The first-order valence-corrected chi connectivity index (χ1v) is 5.14. The van der Waals surface area contributed by atoms with Crippen molar-refractivity contribution in [1.29, 1.82) is 0 Å². The number of primary amides is 1. The smallest absolute Gasteiger partial charge is 0.231 e. The fraction of sp³-hybridized carbons (Fsp3) is 0.364. The molecule has 1 aromatic rings. The van der Waals surface area contributed by atoms with Crippen molar-refractivity contribution in [2.24, 2.45) is 5.73 Å². The number of nitrogens with one attached hydrogen (secondary N) is 1. The quantitative estimate of drug-likeness (QED) is 0.771. The van der Waals surface area contributed by atoms with Gasteiger partial charge in [0, 0.05) is 6.39 Å². The highest BCUT2D eigenvalue weighted by Gasteiger charge is 1.95. The first-order chi connectivity index (χ1) is 7.58. The molecule has 1 rings (SSSR count). The van der Waals surface area contributed by atoms with Gasteiger partial charge in [-0.15, -0.1) is 0 Å². The highest BCUT2D eigenvalue weighted by atomic mass is 35.5. The van der Waals surface area contributed by atoms with Crippen LogP contribution in [0.3, 0.4) is 0 Å². The molecule has 4 heteroatoms. The molecule has 1 amide bonds. The fourth-order valence-corrected chi connectivity index (χ4v) is 1.29. The Hall–Kier alpha value is -1.06. The standard InChI is InChI=1S/C11H15ClN2O/c12-10-5-3-9(4-6-10)2-1-7-14-8-11(13)15/h3-6,14H,1-2,7-8H2,(H2,13,15)/i7D/t7-/m0/s1. The summed E-state index contributed by atoms with van der Waals surface area (Å²) in [6.45, 7) is -0.419. The van der Waals surface area contributed by atoms with E-state index in [1.165, 1.54) is 0 Å². The van der Waals surface area contributed by atoms with Gasteiger partial charge in [0.2, 0.25) is 5.91 Å². The minimum atomic E-state index is -0.469. The second-order valence-corrected chi connectivity index (χ2v) is 3.65. The minimum absolute atomic E-state index is 0.0504. The molecule has 3 N–H and O–H groups in total. The molecule has 0 unspecified atom stereocenters. The third-order valence-corrected chi connectivity index (χ3v) is 2.16. The number of nitrogens with two attached hydrogens (primary N) is 1. The van der Waals surface area contributed by atoms with Crippen LogP contribution >= 0.6 is 11.6 Å². The van der Waals surface area contributed by atoms with Crippen LogP contribution in [-0.2, 0) is 11.2 Å². The maximum absolute atomic E-state index is 10.5. The van der Waals surface area contributed by atoms with Crippen molar-refractivity contribution in [1.82, 2.24) is 5.32 Å². The second-order valence-electron chi connectivity index (χ2n) is 3.22. The van der Waals surface area contributed by atoms with Crippen molar-refractivity contribution in [3.05, 3.63) is 34.9 Å². The van der Waals surface area contributed by atoms with Crippen LogP contribution in [0.1, 0.15) is 13.4 Å². The van der Waals surface area contributed by atoms with Crippen LogP contribution in [0.5, 0.6) is 0 Å². The van der Waals surface area contributed by atoms with Crippen LogP contribution in [-0.4, -0.2) is 19.0 Å².